The number of hydrogen-bond acceptors (Lipinski definition) is 3. The monoisotopic (exact) mass is 225 g/mol. The van der Waals surface area contributed by atoms with E-state index >= 15 is 0 Å². The lowest BCUT2D eigenvalue weighted by molar-refractivity contribution is -0.144. The van der Waals surface area contributed by atoms with Crippen LogP contribution in [-0.2, 0) is 11.3 Å². The minimum absolute atomic E-state index is 0.138. The van der Waals surface area contributed by atoms with E-state index in [1.165, 1.54) is 0 Å². The number of hydrogen-bond donors (Lipinski definition) is 2. The number of aryl methyl sites for hydroxylation is 1. The normalized spacial score (nSPS) is 15.0. The average Bonchev–Trinajstić information content (AvgIpc) is 2.65. The molecule has 5 nitrogen and oxygen atoms in total. The molecule has 90 valence electrons. The molecule has 1 aromatic heterocycles. The van der Waals surface area contributed by atoms with Gasteiger partial charge in [-0.1, -0.05) is 0 Å². The Labute approximate surface area is 95.5 Å². The average molecular weight is 225 g/mol. The van der Waals surface area contributed by atoms with Crippen LogP contribution < -0.4 is 5.32 Å². The standard InChI is InChI=1S/C11H19N3O2/c1-9(2)13-11(3,10(15)16)5-8-14-7-4-6-12-14/h4,6-7,9,13H,5,8H2,1-3H3,(H,15,16). The Bertz CT molecular complexity index is 335. The van der Waals surface area contributed by atoms with Crippen molar-refractivity contribution in [3.05, 3.63) is 18.5 Å². The Morgan fingerprint density at radius 2 is 2.31 bits per heavy atom. The van der Waals surface area contributed by atoms with Gasteiger partial charge in [0.05, 0.1) is 0 Å². The summed E-state index contributed by atoms with van der Waals surface area (Å²) in [5, 5.41) is 16.3. The summed E-state index contributed by atoms with van der Waals surface area (Å²) in [6.45, 7) is 6.18. The molecule has 0 spiro atoms. The van der Waals surface area contributed by atoms with Crippen molar-refractivity contribution >= 4 is 5.97 Å². The van der Waals surface area contributed by atoms with Gasteiger partial charge in [-0.25, -0.2) is 0 Å². The molecule has 0 aliphatic heterocycles. The highest BCUT2D eigenvalue weighted by Crippen LogP contribution is 2.12. The van der Waals surface area contributed by atoms with E-state index in [1.54, 1.807) is 17.8 Å². The van der Waals surface area contributed by atoms with Crippen LogP contribution in [0.25, 0.3) is 0 Å². The van der Waals surface area contributed by atoms with E-state index in [-0.39, 0.29) is 6.04 Å². The summed E-state index contributed by atoms with van der Waals surface area (Å²) >= 11 is 0. The van der Waals surface area contributed by atoms with Gasteiger partial charge in [0.2, 0.25) is 0 Å². The van der Waals surface area contributed by atoms with E-state index < -0.39 is 11.5 Å². The lowest BCUT2D eigenvalue weighted by Crippen LogP contribution is -2.52. The molecule has 1 rings (SSSR count). The van der Waals surface area contributed by atoms with E-state index in [0.29, 0.717) is 13.0 Å². The maximum Gasteiger partial charge on any atom is 0.323 e. The zero-order chi connectivity index (χ0) is 12.2. The summed E-state index contributed by atoms with van der Waals surface area (Å²) in [5.74, 6) is -0.826. The number of nitrogens with one attached hydrogen (secondary N) is 1. The van der Waals surface area contributed by atoms with Crippen molar-refractivity contribution in [2.45, 2.75) is 45.3 Å². The smallest absolute Gasteiger partial charge is 0.323 e. The second-order valence-electron chi connectivity index (χ2n) is 4.46. The first-order valence-electron chi connectivity index (χ1n) is 5.42. The topological polar surface area (TPSA) is 67.2 Å². The van der Waals surface area contributed by atoms with Crippen molar-refractivity contribution in [1.29, 1.82) is 0 Å². The maximum absolute atomic E-state index is 11.2. The lowest BCUT2D eigenvalue weighted by Gasteiger charge is -2.28. The van der Waals surface area contributed by atoms with Crippen LogP contribution in [-0.4, -0.2) is 32.4 Å². The number of carboxylic acid groups (broad SMARTS) is 1. The number of carboxylic acids is 1. The van der Waals surface area contributed by atoms with Crippen LogP contribution in [0.15, 0.2) is 18.5 Å². The zero-order valence-electron chi connectivity index (χ0n) is 9.97. The SMILES string of the molecule is CC(C)NC(C)(CCn1cccn1)C(=O)O. The molecule has 5 heteroatoms. The summed E-state index contributed by atoms with van der Waals surface area (Å²) in [7, 11) is 0. The van der Waals surface area contributed by atoms with Crippen molar-refractivity contribution in [3.63, 3.8) is 0 Å². The number of aliphatic carboxylic acids is 1. The Balaban J connectivity index is 2.61. The summed E-state index contributed by atoms with van der Waals surface area (Å²) in [6.07, 6.45) is 4.02. The van der Waals surface area contributed by atoms with E-state index in [0.717, 1.165) is 0 Å². The molecule has 1 unspecified atom stereocenters. The Morgan fingerprint density at radius 3 is 2.75 bits per heavy atom. The van der Waals surface area contributed by atoms with Gasteiger partial charge in [0.15, 0.2) is 0 Å². The van der Waals surface area contributed by atoms with Crippen molar-refractivity contribution in [3.8, 4) is 0 Å². The molecule has 0 saturated carbocycles. The van der Waals surface area contributed by atoms with Crippen LogP contribution in [0.1, 0.15) is 27.2 Å². The molecule has 1 aromatic rings. The van der Waals surface area contributed by atoms with Crippen molar-refractivity contribution < 1.29 is 9.90 Å². The predicted octanol–water partition coefficient (Wildman–Crippen LogP) is 1.11. The Morgan fingerprint density at radius 1 is 1.62 bits per heavy atom. The molecule has 0 saturated heterocycles. The third-order valence-electron chi connectivity index (χ3n) is 2.48. The highest BCUT2D eigenvalue weighted by Gasteiger charge is 2.33. The third-order valence-corrected chi connectivity index (χ3v) is 2.48. The van der Waals surface area contributed by atoms with E-state index in [2.05, 4.69) is 10.4 Å². The lowest BCUT2D eigenvalue weighted by atomic mass is 9.97. The molecular weight excluding hydrogens is 206 g/mol. The van der Waals surface area contributed by atoms with Gasteiger partial charge in [-0.15, -0.1) is 0 Å². The molecule has 0 aromatic carbocycles. The molecule has 2 N–H and O–H groups in total. The van der Waals surface area contributed by atoms with Crippen LogP contribution in [0.2, 0.25) is 0 Å². The molecule has 1 heterocycles. The van der Waals surface area contributed by atoms with E-state index in [4.69, 9.17) is 0 Å². The fourth-order valence-electron chi connectivity index (χ4n) is 1.65. The molecule has 0 bridgehead atoms. The predicted molar refractivity (Wildman–Crippen MR) is 61.2 cm³/mol. The number of nitrogens with zero attached hydrogens (tertiary/aromatic N) is 2. The van der Waals surface area contributed by atoms with Crippen LogP contribution in [0.3, 0.4) is 0 Å². The number of rotatable bonds is 6. The maximum atomic E-state index is 11.2. The minimum atomic E-state index is -0.903. The summed E-state index contributed by atoms with van der Waals surface area (Å²) in [4.78, 5) is 11.2. The van der Waals surface area contributed by atoms with Crippen LogP contribution in [0.4, 0.5) is 0 Å². The Hall–Kier alpha value is -1.36. The van der Waals surface area contributed by atoms with Gasteiger partial charge in [0, 0.05) is 25.0 Å². The summed E-state index contributed by atoms with van der Waals surface area (Å²) in [6, 6.07) is 1.97. The summed E-state index contributed by atoms with van der Waals surface area (Å²) in [5.41, 5.74) is -0.903. The molecular formula is C11H19N3O2. The zero-order valence-corrected chi connectivity index (χ0v) is 9.97. The first-order chi connectivity index (χ1) is 7.44. The van der Waals surface area contributed by atoms with Gasteiger partial charge in [-0.2, -0.15) is 5.10 Å². The number of carbonyl (C=O) groups is 1. The van der Waals surface area contributed by atoms with Crippen molar-refractivity contribution in [2.75, 3.05) is 0 Å². The molecule has 0 aliphatic carbocycles. The highest BCUT2D eigenvalue weighted by atomic mass is 16.4. The van der Waals surface area contributed by atoms with Gasteiger partial charge in [0.25, 0.3) is 0 Å². The van der Waals surface area contributed by atoms with Gasteiger partial charge >= 0.3 is 5.97 Å². The van der Waals surface area contributed by atoms with Crippen molar-refractivity contribution in [1.82, 2.24) is 15.1 Å². The molecule has 1 atom stereocenters. The molecule has 16 heavy (non-hydrogen) atoms. The highest BCUT2D eigenvalue weighted by molar-refractivity contribution is 5.78. The molecule has 0 amide bonds. The minimum Gasteiger partial charge on any atom is -0.480 e. The fourth-order valence-corrected chi connectivity index (χ4v) is 1.65. The van der Waals surface area contributed by atoms with Gasteiger partial charge in [0.1, 0.15) is 5.54 Å². The third kappa shape index (κ3) is 3.34. The van der Waals surface area contributed by atoms with Crippen LogP contribution in [0, 0.1) is 0 Å². The second-order valence-corrected chi connectivity index (χ2v) is 4.46. The molecule has 0 radical (unpaired) electrons. The van der Waals surface area contributed by atoms with Crippen molar-refractivity contribution in [2.24, 2.45) is 0 Å². The number of aromatic nitrogens is 2. The van der Waals surface area contributed by atoms with Gasteiger partial charge in [-0.05, 0) is 33.3 Å². The molecule has 0 aliphatic rings. The molecule has 0 fully saturated rings. The van der Waals surface area contributed by atoms with Crippen LogP contribution >= 0.6 is 0 Å². The first kappa shape index (κ1) is 12.7. The first-order valence-corrected chi connectivity index (χ1v) is 5.42. The largest absolute Gasteiger partial charge is 0.480 e. The van der Waals surface area contributed by atoms with E-state index in [9.17, 15) is 9.90 Å². The summed E-state index contributed by atoms with van der Waals surface area (Å²) < 4.78 is 1.74. The second kappa shape index (κ2) is 5.12. The Kier molecular flexibility index (Phi) is 4.06. The van der Waals surface area contributed by atoms with E-state index in [1.807, 2.05) is 26.1 Å². The van der Waals surface area contributed by atoms with Gasteiger partial charge < -0.3 is 5.11 Å². The quantitative estimate of drug-likeness (QED) is 0.761. The fraction of sp³-hybridized carbons (Fsp3) is 0.636. The van der Waals surface area contributed by atoms with Crippen LogP contribution in [0.5, 0.6) is 0 Å². The van der Waals surface area contributed by atoms with Gasteiger partial charge in [-0.3, -0.25) is 14.8 Å².